The van der Waals surface area contributed by atoms with Crippen molar-refractivity contribution in [3.05, 3.63) is 50.7 Å². The molecular formula is C12H11ClN4O3. The van der Waals surface area contributed by atoms with E-state index in [-0.39, 0.29) is 16.3 Å². The summed E-state index contributed by atoms with van der Waals surface area (Å²) in [4.78, 5) is 22.2. The lowest BCUT2D eigenvalue weighted by Gasteiger charge is -2.06. The molecule has 104 valence electrons. The first-order chi connectivity index (χ1) is 9.38. The van der Waals surface area contributed by atoms with E-state index in [4.69, 9.17) is 11.6 Å². The number of aryl methyl sites for hydroxylation is 2. The summed E-state index contributed by atoms with van der Waals surface area (Å²) in [6.07, 6.45) is 0. The van der Waals surface area contributed by atoms with Crippen molar-refractivity contribution in [2.45, 2.75) is 6.92 Å². The molecule has 20 heavy (non-hydrogen) atoms. The van der Waals surface area contributed by atoms with Crippen molar-refractivity contribution in [1.29, 1.82) is 0 Å². The van der Waals surface area contributed by atoms with Crippen molar-refractivity contribution < 1.29 is 9.72 Å². The second kappa shape index (κ2) is 5.30. The normalized spacial score (nSPS) is 10.3. The summed E-state index contributed by atoms with van der Waals surface area (Å²) in [7, 11) is 1.68. The number of non-ortho nitro benzene ring substituents is 1. The summed E-state index contributed by atoms with van der Waals surface area (Å²) >= 11 is 5.90. The topological polar surface area (TPSA) is 90.1 Å². The standard InChI is InChI=1S/C12H11ClN4O3/c1-7-5-11(16(2)15-7)14-12(18)9-6-8(17(19)20)3-4-10(9)13/h3-6H,1-2H3,(H,14,18). The van der Waals surface area contributed by atoms with Crippen LogP contribution in [0.3, 0.4) is 0 Å². The average molecular weight is 295 g/mol. The van der Waals surface area contributed by atoms with E-state index >= 15 is 0 Å². The molecule has 0 unspecified atom stereocenters. The highest BCUT2D eigenvalue weighted by Gasteiger charge is 2.17. The van der Waals surface area contributed by atoms with Gasteiger partial charge in [-0.25, -0.2) is 0 Å². The van der Waals surface area contributed by atoms with E-state index < -0.39 is 10.8 Å². The minimum absolute atomic E-state index is 0.0414. The molecule has 2 rings (SSSR count). The Bertz CT molecular complexity index is 696. The average Bonchev–Trinajstić information content (AvgIpc) is 2.67. The van der Waals surface area contributed by atoms with Crippen LogP contribution >= 0.6 is 11.6 Å². The highest BCUT2D eigenvalue weighted by atomic mass is 35.5. The van der Waals surface area contributed by atoms with Crippen LogP contribution in [0.2, 0.25) is 5.02 Å². The molecule has 0 atom stereocenters. The number of nitro groups is 1. The number of carbonyl (C=O) groups excluding carboxylic acids is 1. The molecule has 1 heterocycles. The Morgan fingerprint density at radius 3 is 2.70 bits per heavy atom. The molecule has 0 radical (unpaired) electrons. The number of nitrogens with one attached hydrogen (secondary N) is 1. The van der Waals surface area contributed by atoms with E-state index in [1.165, 1.54) is 16.8 Å². The molecule has 2 aromatic rings. The van der Waals surface area contributed by atoms with E-state index in [1.54, 1.807) is 20.0 Å². The van der Waals surface area contributed by atoms with Crippen LogP contribution in [0.4, 0.5) is 11.5 Å². The maximum absolute atomic E-state index is 12.1. The predicted octanol–water partition coefficient (Wildman–Crippen LogP) is 2.54. The van der Waals surface area contributed by atoms with Crippen LogP contribution in [-0.2, 0) is 7.05 Å². The number of halogens is 1. The lowest BCUT2D eigenvalue weighted by atomic mass is 10.2. The Hall–Kier alpha value is -2.41. The van der Waals surface area contributed by atoms with E-state index in [9.17, 15) is 14.9 Å². The maximum Gasteiger partial charge on any atom is 0.270 e. The number of nitrogens with zero attached hydrogens (tertiary/aromatic N) is 3. The fourth-order valence-corrected chi connectivity index (χ4v) is 1.92. The first kappa shape index (κ1) is 14.0. The van der Waals surface area contributed by atoms with Crippen LogP contribution in [0.15, 0.2) is 24.3 Å². The van der Waals surface area contributed by atoms with E-state index in [1.807, 2.05) is 0 Å². The Morgan fingerprint density at radius 1 is 1.45 bits per heavy atom. The van der Waals surface area contributed by atoms with E-state index in [0.717, 1.165) is 11.8 Å². The van der Waals surface area contributed by atoms with Crippen molar-refractivity contribution in [2.75, 3.05) is 5.32 Å². The van der Waals surface area contributed by atoms with Crippen molar-refractivity contribution in [3.63, 3.8) is 0 Å². The summed E-state index contributed by atoms with van der Waals surface area (Å²) in [6.45, 7) is 1.79. The third-order valence-electron chi connectivity index (χ3n) is 2.65. The fraction of sp³-hybridized carbons (Fsp3) is 0.167. The van der Waals surface area contributed by atoms with Gasteiger partial charge in [-0.05, 0) is 13.0 Å². The van der Waals surface area contributed by atoms with Gasteiger partial charge in [0.15, 0.2) is 0 Å². The van der Waals surface area contributed by atoms with Crippen molar-refractivity contribution in [1.82, 2.24) is 9.78 Å². The molecule has 0 saturated heterocycles. The lowest BCUT2D eigenvalue weighted by molar-refractivity contribution is -0.384. The molecule has 1 amide bonds. The molecule has 0 spiro atoms. The molecule has 0 aliphatic carbocycles. The van der Waals surface area contributed by atoms with E-state index in [0.29, 0.717) is 5.82 Å². The van der Waals surface area contributed by atoms with Gasteiger partial charge in [0.2, 0.25) is 0 Å². The molecule has 1 N–H and O–H groups in total. The zero-order chi connectivity index (χ0) is 14.9. The van der Waals surface area contributed by atoms with Gasteiger partial charge >= 0.3 is 0 Å². The van der Waals surface area contributed by atoms with Crippen LogP contribution in [0.25, 0.3) is 0 Å². The van der Waals surface area contributed by atoms with Gasteiger partial charge in [-0.2, -0.15) is 5.10 Å². The number of rotatable bonds is 3. The Labute approximate surface area is 119 Å². The number of benzene rings is 1. The number of amides is 1. The minimum atomic E-state index is -0.582. The SMILES string of the molecule is Cc1cc(NC(=O)c2cc([N+](=O)[O-])ccc2Cl)n(C)n1. The van der Waals surface area contributed by atoms with E-state index in [2.05, 4.69) is 10.4 Å². The molecule has 7 nitrogen and oxygen atoms in total. The van der Waals surface area contributed by atoms with Crippen molar-refractivity contribution >= 4 is 29.0 Å². The summed E-state index contributed by atoms with van der Waals surface area (Å²) in [5.41, 5.74) is 0.591. The van der Waals surface area contributed by atoms with Gasteiger partial charge in [0, 0.05) is 25.2 Å². The van der Waals surface area contributed by atoms with Gasteiger partial charge in [0.25, 0.3) is 11.6 Å². The fourth-order valence-electron chi connectivity index (χ4n) is 1.71. The number of hydrogen-bond donors (Lipinski definition) is 1. The van der Waals surface area contributed by atoms with Gasteiger partial charge in [0.05, 0.1) is 21.2 Å². The molecule has 0 fully saturated rings. The third kappa shape index (κ3) is 2.77. The van der Waals surface area contributed by atoms with Gasteiger partial charge in [-0.3, -0.25) is 19.6 Å². The molecular weight excluding hydrogens is 284 g/mol. The first-order valence-electron chi connectivity index (χ1n) is 5.64. The van der Waals surface area contributed by atoms with Crippen molar-refractivity contribution in [2.24, 2.45) is 7.05 Å². The van der Waals surface area contributed by atoms with Crippen LogP contribution in [0, 0.1) is 17.0 Å². The number of nitro benzene ring substituents is 1. The summed E-state index contributed by atoms with van der Waals surface area (Å²) in [6, 6.07) is 5.39. The minimum Gasteiger partial charge on any atom is -0.307 e. The zero-order valence-electron chi connectivity index (χ0n) is 10.8. The smallest absolute Gasteiger partial charge is 0.270 e. The maximum atomic E-state index is 12.1. The molecule has 8 heteroatoms. The molecule has 1 aromatic heterocycles. The quantitative estimate of drug-likeness (QED) is 0.695. The Kier molecular flexibility index (Phi) is 3.71. The number of carbonyl (C=O) groups is 1. The predicted molar refractivity (Wildman–Crippen MR) is 74.0 cm³/mol. The molecule has 0 saturated carbocycles. The van der Waals surface area contributed by atoms with Gasteiger partial charge < -0.3 is 5.32 Å². The Morgan fingerprint density at radius 2 is 2.15 bits per heavy atom. The van der Waals surface area contributed by atoms with Crippen LogP contribution in [-0.4, -0.2) is 20.6 Å². The summed E-state index contributed by atoms with van der Waals surface area (Å²) in [5, 5.41) is 17.6. The monoisotopic (exact) mass is 294 g/mol. The summed E-state index contributed by atoms with van der Waals surface area (Å²) < 4.78 is 1.50. The van der Waals surface area contributed by atoms with Gasteiger partial charge in [0.1, 0.15) is 5.82 Å². The van der Waals surface area contributed by atoms with Crippen LogP contribution < -0.4 is 5.32 Å². The van der Waals surface area contributed by atoms with Crippen molar-refractivity contribution in [3.8, 4) is 0 Å². The Balaban J connectivity index is 2.31. The number of aromatic nitrogens is 2. The van der Waals surface area contributed by atoms with Crippen LogP contribution in [0.5, 0.6) is 0 Å². The lowest BCUT2D eigenvalue weighted by Crippen LogP contribution is -2.15. The molecule has 1 aromatic carbocycles. The van der Waals surface area contributed by atoms with Gasteiger partial charge in [-0.15, -0.1) is 0 Å². The zero-order valence-corrected chi connectivity index (χ0v) is 11.5. The number of hydrogen-bond acceptors (Lipinski definition) is 4. The largest absolute Gasteiger partial charge is 0.307 e. The second-order valence-electron chi connectivity index (χ2n) is 4.17. The first-order valence-corrected chi connectivity index (χ1v) is 6.02. The highest BCUT2D eigenvalue weighted by Crippen LogP contribution is 2.23. The highest BCUT2D eigenvalue weighted by molar-refractivity contribution is 6.34. The molecule has 0 aliphatic heterocycles. The molecule has 0 bridgehead atoms. The van der Waals surface area contributed by atoms with Crippen LogP contribution in [0.1, 0.15) is 16.1 Å². The number of anilines is 1. The summed E-state index contributed by atoms with van der Waals surface area (Å²) in [5.74, 6) is -0.0447. The molecule has 0 aliphatic rings. The van der Waals surface area contributed by atoms with Gasteiger partial charge in [-0.1, -0.05) is 11.6 Å². The third-order valence-corrected chi connectivity index (χ3v) is 2.98. The second-order valence-corrected chi connectivity index (χ2v) is 4.58.